The zero-order valence-electron chi connectivity index (χ0n) is 20.4. The van der Waals surface area contributed by atoms with E-state index in [-0.39, 0.29) is 5.97 Å². The molecule has 5 rings (SSSR count). The maximum Gasteiger partial charge on any atom is 0.341 e. The van der Waals surface area contributed by atoms with Crippen LogP contribution in [0.25, 0.3) is 20.8 Å². The Hall–Kier alpha value is -3.59. The van der Waals surface area contributed by atoms with Crippen LogP contribution in [-0.2, 0) is 11.2 Å². The number of thiazole rings is 1. The maximum absolute atomic E-state index is 12.6. The number of nitrogens with zero attached hydrogens (tertiary/aromatic N) is 1. The summed E-state index contributed by atoms with van der Waals surface area (Å²) in [6.07, 6.45) is 0.729. The molecule has 2 heterocycles. The monoisotopic (exact) mass is 543 g/mol. The zero-order chi connectivity index (χ0) is 25.8. The molecule has 2 aromatic heterocycles. The molecule has 37 heavy (non-hydrogen) atoms. The second kappa shape index (κ2) is 11.2. The minimum absolute atomic E-state index is 0.311. The Labute approximate surface area is 229 Å². The molecule has 8 heteroatoms. The lowest BCUT2D eigenvalue weighted by Gasteiger charge is -2.11. The van der Waals surface area contributed by atoms with Crippen LogP contribution in [0, 0.1) is 6.92 Å². The predicted molar refractivity (Wildman–Crippen MR) is 159 cm³/mol. The average Bonchev–Trinajstić information content (AvgIpc) is 3.49. The fraction of sp³-hybridized carbons (Fsp3) is 0.138. The van der Waals surface area contributed by atoms with Gasteiger partial charge in [0.25, 0.3) is 0 Å². The first kappa shape index (κ1) is 25.1. The standard InChI is InChI=1S/C29H25N3O2S3/c1-3-34-28(33)23-17-22(16-19-7-5-4-6-8-19)36-27(23)32-29(35)30-21-12-10-20(11-13-21)26-31-24-14-9-18(2)15-25(24)37-26/h4-15,17H,3,16H2,1-2H3,(H2,30,32,35). The lowest BCUT2D eigenvalue weighted by atomic mass is 10.1. The van der Waals surface area contributed by atoms with Gasteiger partial charge in [0.2, 0.25) is 0 Å². The van der Waals surface area contributed by atoms with E-state index >= 15 is 0 Å². The van der Waals surface area contributed by atoms with Gasteiger partial charge in [0.05, 0.1) is 22.4 Å². The molecule has 2 N–H and O–H groups in total. The number of nitrogens with one attached hydrogen (secondary N) is 2. The summed E-state index contributed by atoms with van der Waals surface area (Å²) in [6, 6.07) is 26.4. The fourth-order valence-corrected chi connectivity index (χ4v) is 6.33. The Kier molecular flexibility index (Phi) is 7.60. The van der Waals surface area contributed by atoms with Crippen LogP contribution in [-0.4, -0.2) is 22.7 Å². The van der Waals surface area contributed by atoms with E-state index in [0.29, 0.717) is 22.3 Å². The normalized spacial score (nSPS) is 10.9. The lowest BCUT2D eigenvalue weighted by Crippen LogP contribution is -2.20. The van der Waals surface area contributed by atoms with Crippen molar-refractivity contribution in [3.8, 4) is 10.6 Å². The number of benzene rings is 3. The van der Waals surface area contributed by atoms with Crippen LogP contribution in [0.2, 0.25) is 0 Å². The van der Waals surface area contributed by atoms with Crippen molar-refractivity contribution in [2.45, 2.75) is 20.3 Å². The van der Waals surface area contributed by atoms with Gasteiger partial charge >= 0.3 is 5.97 Å². The summed E-state index contributed by atoms with van der Waals surface area (Å²) in [5.74, 6) is -0.362. The summed E-state index contributed by atoms with van der Waals surface area (Å²) in [5, 5.41) is 8.48. The third-order valence-corrected chi connectivity index (χ3v) is 7.98. The Balaban J connectivity index is 1.29. The van der Waals surface area contributed by atoms with Crippen LogP contribution in [0.3, 0.4) is 0 Å². The summed E-state index contributed by atoms with van der Waals surface area (Å²) in [4.78, 5) is 18.4. The lowest BCUT2D eigenvalue weighted by molar-refractivity contribution is 0.0528. The second-order valence-electron chi connectivity index (χ2n) is 8.49. The van der Waals surface area contributed by atoms with Crippen LogP contribution in [0.1, 0.15) is 33.3 Å². The van der Waals surface area contributed by atoms with E-state index in [9.17, 15) is 4.79 Å². The molecule has 0 aliphatic heterocycles. The third-order valence-electron chi connectivity index (χ3n) is 5.66. The molecule has 0 saturated carbocycles. The van der Waals surface area contributed by atoms with E-state index in [1.807, 2.05) is 48.5 Å². The molecule has 5 aromatic rings. The summed E-state index contributed by atoms with van der Waals surface area (Å²) >= 11 is 8.76. The number of hydrogen-bond acceptors (Lipinski definition) is 6. The van der Waals surface area contributed by atoms with Crippen LogP contribution < -0.4 is 10.6 Å². The number of aryl methyl sites for hydroxylation is 1. The van der Waals surface area contributed by atoms with Gasteiger partial charge in [0.15, 0.2) is 5.11 Å². The Morgan fingerprint density at radius 3 is 2.51 bits per heavy atom. The van der Waals surface area contributed by atoms with Gasteiger partial charge in [-0.3, -0.25) is 0 Å². The van der Waals surface area contributed by atoms with E-state index < -0.39 is 0 Å². The Morgan fingerprint density at radius 2 is 1.76 bits per heavy atom. The van der Waals surface area contributed by atoms with Gasteiger partial charge in [-0.25, -0.2) is 9.78 Å². The highest BCUT2D eigenvalue weighted by Crippen LogP contribution is 2.32. The van der Waals surface area contributed by atoms with Crippen molar-refractivity contribution in [2.24, 2.45) is 0 Å². The summed E-state index contributed by atoms with van der Waals surface area (Å²) < 4.78 is 6.46. The largest absolute Gasteiger partial charge is 0.462 e. The molecule has 0 saturated heterocycles. The molecule has 0 radical (unpaired) electrons. The number of thiocarbonyl (C=S) groups is 1. The SMILES string of the molecule is CCOC(=O)c1cc(Cc2ccccc2)sc1NC(=S)Nc1ccc(-c2nc3ccc(C)cc3s2)cc1. The minimum Gasteiger partial charge on any atom is -0.462 e. The number of carbonyl (C=O) groups is 1. The quantitative estimate of drug-likeness (QED) is 0.161. The second-order valence-corrected chi connectivity index (χ2v) is 11.1. The topological polar surface area (TPSA) is 63.2 Å². The zero-order valence-corrected chi connectivity index (χ0v) is 22.9. The van der Waals surface area contributed by atoms with E-state index in [1.54, 1.807) is 18.3 Å². The van der Waals surface area contributed by atoms with E-state index in [4.69, 9.17) is 21.9 Å². The summed E-state index contributed by atoms with van der Waals surface area (Å²) in [5.41, 5.74) is 5.80. The molecule has 0 spiro atoms. The van der Waals surface area contributed by atoms with Crippen LogP contribution in [0.5, 0.6) is 0 Å². The summed E-state index contributed by atoms with van der Waals surface area (Å²) in [7, 11) is 0. The average molecular weight is 544 g/mol. The maximum atomic E-state index is 12.6. The van der Waals surface area contributed by atoms with Gasteiger partial charge < -0.3 is 15.4 Å². The van der Waals surface area contributed by atoms with Gasteiger partial charge in [-0.05, 0) is 79.7 Å². The van der Waals surface area contributed by atoms with Gasteiger partial charge in [0, 0.05) is 22.5 Å². The first-order valence-corrected chi connectivity index (χ1v) is 13.9. The molecule has 3 aromatic carbocycles. The molecule has 0 aliphatic carbocycles. The van der Waals surface area contributed by atoms with Gasteiger partial charge in [-0.2, -0.15) is 0 Å². The van der Waals surface area contributed by atoms with E-state index in [1.165, 1.54) is 27.2 Å². The Bertz CT molecular complexity index is 1560. The molecule has 0 bridgehead atoms. The highest BCUT2D eigenvalue weighted by molar-refractivity contribution is 7.80. The smallest absolute Gasteiger partial charge is 0.341 e. The first-order valence-electron chi connectivity index (χ1n) is 11.9. The number of aromatic nitrogens is 1. The molecular formula is C29H25N3O2S3. The number of esters is 1. The van der Waals surface area contributed by atoms with Crippen LogP contribution in [0.15, 0.2) is 78.9 Å². The molecule has 0 atom stereocenters. The molecule has 0 fully saturated rings. The van der Waals surface area contributed by atoms with Gasteiger partial charge in [-0.1, -0.05) is 36.4 Å². The molecule has 0 amide bonds. The van der Waals surface area contributed by atoms with Crippen molar-refractivity contribution in [1.82, 2.24) is 4.98 Å². The van der Waals surface area contributed by atoms with Crippen LogP contribution >= 0.6 is 34.9 Å². The van der Waals surface area contributed by atoms with Gasteiger partial charge in [0.1, 0.15) is 10.0 Å². The number of fused-ring (bicyclic) bond motifs is 1. The first-order chi connectivity index (χ1) is 18.0. The van der Waals surface area contributed by atoms with E-state index in [2.05, 4.69) is 47.9 Å². The molecular weight excluding hydrogens is 519 g/mol. The molecule has 0 aliphatic rings. The fourth-order valence-electron chi connectivity index (χ4n) is 3.90. The molecule has 0 unspecified atom stereocenters. The van der Waals surface area contributed by atoms with Crippen molar-refractivity contribution in [3.05, 3.63) is 100 Å². The van der Waals surface area contributed by atoms with Crippen molar-refractivity contribution >= 4 is 66.9 Å². The van der Waals surface area contributed by atoms with Crippen molar-refractivity contribution in [1.29, 1.82) is 0 Å². The number of thiophene rings is 1. The van der Waals surface area contributed by atoms with Crippen LogP contribution in [0.4, 0.5) is 10.7 Å². The highest BCUT2D eigenvalue weighted by atomic mass is 32.1. The third kappa shape index (κ3) is 6.05. The number of anilines is 2. The highest BCUT2D eigenvalue weighted by Gasteiger charge is 2.18. The minimum atomic E-state index is -0.362. The van der Waals surface area contributed by atoms with Crippen molar-refractivity contribution in [3.63, 3.8) is 0 Å². The van der Waals surface area contributed by atoms with Gasteiger partial charge in [-0.15, -0.1) is 22.7 Å². The molecule has 5 nitrogen and oxygen atoms in total. The van der Waals surface area contributed by atoms with Crippen molar-refractivity contribution < 1.29 is 9.53 Å². The van der Waals surface area contributed by atoms with E-state index in [0.717, 1.165) is 33.1 Å². The molecule has 186 valence electrons. The summed E-state index contributed by atoms with van der Waals surface area (Å²) in [6.45, 7) is 4.20. The number of rotatable bonds is 7. The number of hydrogen-bond donors (Lipinski definition) is 2. The number of carbonyl (C=O) groups excluding carboxylic acids is 1. The Morgan fingerprint density at radius 1 is 0.973 bits per heavy atom. The van der Waals surface area contributed by atoms with Crippen molar-refractivity contribution in [2.75, 3.05) is 17.2 Å². The predicted octanol–water partition coefficient (Wildman–Crippen LogP) is 7.91. The number of ether oxygens (including phenoxy) is 1.